The van der Waals surface area contributed by atoms with Crippen LogP contribution in [0, 0.1) is 13.8 Å². The van der Waals surface area contributed by atoms with Crippen LogP contribution in [0.4, 0.5) is 5.13 Å². The Hall–Kier alpha value is -1.42. The first-order valence-electron chi connectivity index (χ1n) is 5.86. The third-order valence-electron chi connectivity index (χ3n) is 2.79. The van der Waals surface area contributed by atoms with Gasteiger partial charge in [0.25, 0.3) is 0 Å². The van der Waals surface area contributed by atoms with Crippen LogP contribution in [0.1, 0.15) is 24.5 Å². The normalized spacial score (nSPS) is 10.5. The van der Waals surface area contributed by atoms with Gasteiger partial charge >= 0.3 is 0 Å². The van der Waals surface area contributed by atoms with Gasteiger partial charge in [0.2, 0.25) is 5.13 Å². The molecule has 0 radical (unpaired) electrons. The number of nitrogens with zero attached hydrogens (tertiary/aromatic N) is 2. The maximum Gasteiger partial charge on any atom is 0.206 e. The predicted molar refractivity (Wildman–Crippen MR) is 73.6 cm³/mol. The molecule has 0 aliphatic rings. The van der Waals surface area contributed by atoms with Gasteiger partial charge in [-0.15, -0.1) is 10.2 Å². The van der Waals surface area contributed by atoms with Crippen LogP contribution in [0.15, 0.2) is 18.2 Å². The van der Waals surface area contributed by atoms with E-state index in [2.05, 4.69) is 54.5 Å². The lowest BCUT2D eigenvalue weighted by Crippen LogP contribution is -1.98. The van der Waals surface area contributed by atoms with E-state index >= 15 is 0 Å². The fraction of sp³-hybridized carbons (Fsp3) is 0.385. The first-order valence-corrected chi connectivity index (χ1v) is 6.68. The average molecular weight is 247 g/mol. The van der Waals surface area contributed by atoms with Gasteiger partial charge in [0, 0.05) is 12.1 Å². The van der Waals surface area contributed by atoms with E-state index in [1.54, 1.807) is 11.3 Å². The van der Waals surface area contributed by atoms with Crippen LogP contribution >= 0.6 is 11.3 Å². The van der Waals surface area contributed by atoms with Crippen molar-refractivity contribution in [3.63, 3.8) is 0 Å². The van der Waals surface area contributed by atoms with Crippen LogP contribution < -0.4 is 5.32 Å². The Bertz CT molecular complexity index is 505. The highest BCUT2D eigenvalue weighted by atomic mass is 32.1. The Morgan fingerprint density at radius 2 is 2.06 bits per heavy atom. The molecule has 0 aliphatic carbocycles. The first-order chi connectivity index (χ1) is 8.22. The number of aryl methyl sites for hydroxylation is 1. The second-order valence-corrected chi connectivity index (χ2v) is 5.06. The van der Waals surface area contributed by atoms with Gasteiger partial charge in [0.1, 0.15) is 5.01 Å². The third-order valence-corrected chi connectivity index (χ3v) is 3.70. The van der Waals surface area contributed by atoms with Crippen molar-refractivity contribution >= 4 is 16.5 Å². The van der Waals surface area contributed by atoms with E-state index < -0.39 is 0 Å². The smallest absolute Gasteiger partial charge is 0.206 e. The summed E-state index contributed by atoms with van der Waals surface area (Å²) in [7, 11) is 0. The van der Waals surface area contributed by atoms with E-state index in [0.717, 1.165) is 23.1 Å². The van der Waals surface area contributed by atoms with Crippen LogP contribution in [-0.4, -0.2) is 16.7 Å². The van der Waals surface area contributed by atoms with Crippen LogP contribution in [0.3, 0.4) is 0 Å². The van der Waals surface area contributed by atoms with Gasteiger partial charge in [-0.1, -0.05) is 36.5 Å². The molecule has 1 aromatic heterocycles. The summed E-state index contributed by atoms with van der Waals surface area (Å²) in [4.78, 5) is 0. The Labute approximate surface area is 106 Å². The molecule has 3 nitrogen and oxygen atoms in total. The number of benzene rings is 1. The molecule has 2 rings (SSSR count). The van der Waals surface area contributed by atoms with Crippen molar-refractivity contribution < 1.29 is 0 Å². The van der Waals surface area contributed by atoms with Crippen molar-refractivity contribution in [1.29, 1.82) is 0 Å². The van der Waals surface area contributed by atoms with E-state index in [4.69, 9.17) is 0 Å². The number of anilines is 1. The molecule has 0 atom stereocenters. The lowest BCUT2D eigenvalue weighted by Gasteiger charge is -2.04. The van der Waals surface area contributed by atoms with Gasteiger partial charge in [-0.3, -0.25) is 0 Å². The Morgan fingerprint density at radius 1 is 1.24 bits per heavy atom. The zero-order chi connectivity index (χ0) is 12.3. The summed E-state index contributed by atoms with van der Waals surface area (Å²) in [5.41, 5.74) is 3.76. The molecule has 0 fully saturated rings. The van der Waals surface area contributed by atoms with Gasteiger partial charge in [-0.05, 0) is 31.4 Å². The standard InChI is InChI=1S/C13H17N3S/c1-4-8-14-13-16-15-12(17-13)11-7-5-6-9(2)10(11)3/h5-7H,4,8H2,1-3H3,(H,14,16). The van der Waals surface area contributed by atoms with Gasteiger partial charge in [-0.2, -0.15) is 0 Å². The van der Waals surface area contributed by atoms with Crippen molar-refractivity contribution in [2.24, 2.45) is 0 Å². The summed E-state index contributed by atoms with van der Waals surface area (Å²) in [5, 5.41) is 13.6. The fourth-order valence-electron chi connectivity index (χ4n) is 1.62. The molecule has 90 valence electrons. The van der Waals surface area contributed by atoms with E-state index in [9.17, 15) is 0 Å². The molecule has 0 spiro atoms. The highest BCUT2D eigenvalue weighted by molar-refractivity contribution is 7.18. The Morgan fingerprint density at radius 3 is 2.82 bits per heavy atom. The van der Waals surface area contributed by atoms with E-state index in [1.807, 2.05) is 0 Å². The predicted octanol–water partition coefficient (Wildman–Crippen LogP) is 3.64. The summed E-state index contributed by atoms with van der Waals surface area (Å²) < 4.78 is 0. The van der Waals surface area contributed by atoms with E-state index in [-0.39, 0.29) is 0 Å². The highest BCUT2D eigenvalue weighted by Gasteiger charge is 2.09. The monoisotopic (exact) mass is 247 g/mol. The molecule has 4 heteroatoms. The molecular weight excluding hydrogens is 230 g/mol. The molecule has 0 bridgehead atoms. The van der Waals surface area contributed by atoms with Crippen molar-refractivity contribution in [3.8, 4) is 10.6 Å². The zero-order valence-electron chi connectivity index (χ0n) is 10.4. The largest absolute Gasteiger partial charge is 0.360 e. The molecule has 17 heavy (non-hydrogen) atoms. The second-order valence-electron chi connectivity index (χ2n) is 4.09. The van der Waals surface area contributed by atoms with Crippen LogP contribution in [0.2, 0.25) is 0 Å². The highest BCUT2D eigenvalue weighted by Crippen LogP contribution is 2.29. The maximum atomic E-state index is 4.25. The quantitative estimate of drug-likeness (QED) is 0.896. The van der Waals surface area contributed by atoms with Crippen molar-refractivity contribution in [2.45, 2.75) is 27.2 Å². The Kier molecular flexibility index (Phi) is 3.74. The molecule has 2 aromatic rings. The minimum atomic E-state index is 0.905. The van der Waals surface area contributed by atoms with Gasteiger partial charge < -0.3 is 5.32 Å². The van der Waals surface area contributed by atoms with Crippen LogP contribution in [0.25, 0.3) is 10.6 Å². The summed E-state index contributed by atoms with van der Waals surface area (Å²) in [6.45, 7) is 7.34. The van der Waals surface area contributed by atoms with Gasteiger partial charge in [-0.25, -0.2) is 0 Å². The maximum absolute atomic E-state index is 4.25. The lowest BCUT2D eigenvalue weighted by atomic mass is 10.0. The molecule has 1 aromatic carbocycles. The molecule has 0 aliphatic heterocycles. The molecule has 1 heterocycles. The van der Waals surface area contributed by atoms with E-state index in [0.29, 0.717) is 0 Å². The number of hydrogen-bond donors (Lipinski definition) is 1. The molecule has 0 saturated heterocycles. The summed E-state index contributed by atoms with van der Waals surface area (Å²) in [6.07, 6.45) is 1.10. The van der Waals surface area contributed by atoms with Crippen molar-refractivity contribution in [2.75, 3.05) is 11.9 Å². The van der Waals surface area contributed by atoms with E-state index in [1.165, 1.54) is 16.7 Å². The molecule has 0 unspecified atom stereocenters. The van der Waals surface area contributed by atoms with Gasteiger partial charge in [0.15, 0.2) is 0 Å². The Balaban J connectivity index is 2.27. The molecular formula is C13H17N3S. The minimum absolute atomic E-state index is 0.905. The van der Waals surface area contributed by atoms with Crippen LogP contribution in [0.5, 0.6) is 0 Å². The zero-order valence-corrected chi connectivity index (χ0v) is 11.3. The average Bonchev–Trinajstić information content (AvgIpc) is 2.78. The van der Waals surface area contributed by atoms with Gasteiger partial charge in [0.05, 0.1) is 0 Å². The first kappa shape index (κ1) is 12.0. The third kappa shape index (κ3) is 2.64. The molecule has 0 saturated carbocycles. The minimum Gasteiger partial charge on any atom is -0.360 e. The second kappa shape index (κ2) is 5.27. The topological polar surface area (TPSA) is 37.8 Å². The SMILES string of the molecule is CCCNc1nnc(-c2cccc(C)c2C)s1. The summed E-state index contributed by atoms with van der Waals surface area (Å²) in [5.74, 6) is 0. The number of nitrogens with one attached hydrogen (secondary N) is 1. The number of rotatable bonds is 4. The molecule has 1 N–H and O–H groups in total. The summed E-state index contributed by atoms with van der Waals surface area (Å²) >= 11 is 1.62. The number of hydrogen-bond acceptors (Lipinski definition) is 4. The van der Waals surface area contributed by atoms with Crippen molar-refractivity contribution in [3.05, 3.63) is 29.3 Å². The fourth-order valence-corrected chi connectivity index (χ4v) is 2.47. The number of aromatic nitrogens is 2. The summed E-state index contributed by atoms with van der Waals surface area (Å²) in [6, 6.07) is 6.29. The van der Waals surface area contributed by atoms with Crippen LogP contribution in [-0.2, 0) is 0 Å². The van der Waals surface area contributed by atoms with Crippen molar-refractivity contribution in [1.82, 2.24) is 10.2 Å². The lowest BCUT2D eigenvalue weighted by molar-refractivity contribution is 0.964. The molecule has 0 amide bonds.